The maximum absolute atomic E-state index is 12.9. The molecule has 0 radical (unpaired) electrons. The minimum Gasteiger partial charge on any atom is -0.446 e. The first-order chi connectivity index (χ1) is 17.7. The first kappa shape index (κ1) is 25.3. The highest BCUT2D eigenvalue weighted by Gasteiger charge is 2.35. The van der Waals surface area contributed by atoms with E-state index in [0.29, 0.717) is 35.6 Å². The van der Waals surface area contributed by atoms with E-state index in [4.69, 9.17) is 4.74 Å². The molecule has 8 heteroatoms. The van der Waals surface area contributed by atoms with Crippen molar-refractivity contribution in [1.29, 1.82) is 0 Å². The van der Waals surface area contributed by atoms with Gasteiger partial charge >= 0.3 is 6.09 Å². The van der Waals surface area contributed by atoms with E-state index in [1.165, 1.54) is 19.8 Å². The molecule has 3 amide bonds. The number of nitrogens with zero attached hydrogens (tertiary/aromatic N) is 2. The van der Waals surface area contributed by atoms with Crippen molar-refractivity contribution in [1.82, 2.24) is 10.6 Å². The summed E-state index contributed by atoms with van der Waals surface area (Å²) < 4.78 is 5.49. The number of ether oxygens (including phenoxy) is 1. The molecule has 2 fully saturated rings. The minimum atomic E-state index is -0.429. The fourth-order valence-corrected chi connectivity index (χ4v) is 5.98. The van der Waals surface area contributed by atoms with E-state index in [0.717, 1.165) is 24.0 Å². The summed E-state index contributed by atoms with van der Waals surface area (Å²) in [4.78, 5) is 41.6. The Balaban J connectivity index is 1.37. The van der Waals surface area contributed by atoms with Gasteiger partial charge in [-0.15, -0.1) is 0 Å². The van der Waals surface area contributed by atoms with E-state index in [1.54, 1.807) is 9.80 Å². The molecular formula is C29H36N4O4. The van der Waals surface area contributed by atoms with E-state index in [9.17, 15) is 14.4 Å². The molecule has 4 atom stereocenters. The minimum absolute atomic E-state index is 0.0445. The summed E-state index contributed by atoms with van der Waals surface area (Å²) in [6.45, 7) is 7.44. The third-order valence-electron chi connectivity index (χ3n) is 7.60. The Morgan fingerprint density at radius 3 is 2.24 bits per heavy atom. The Bertz CT molecular complexity index is 1180. The van der Waals surface area contributed by atoms with E-state index in [1.807, 2.05) is 63.2 Å². The van der Waals surface area contributed by atoms with E-state index in [2.05, 4.69) is 10.6 Å². The van der Waals surface area contributed by atoms with Crippen LogP contribution in [0.2, 0.25) is 0 Å². The maximum atomic E-state index is 12.9. The van der Waals surface area contributed by atoms with E-state index in [-0.39, 0.29) is 30.0 Å². The number of carbonyl (C=O) groups is 3. The van der Waals surface area contributed by atoms with Gasteiger partial charge in [-0.05, 0) is 81.8 Å². The molecule has 37 heavy (non-hydrogen) atoms. The van der Waals surface area contributed by atoms with Crippen molar-refractivity contribution in [3.8, 4) is 11.1 Å². The summed E-state index contributed by atoms with van der Waals surface area (Å²) in [5, 5.41) is 6.82. The first-order valence-electron chi connectivity index (χ1n) is 13.3. The van der Waals surface area contributed by atoms with E-state index >= 15 is 0 Å². The largest absolute Gasteiger partial charge is 0.446 e. The van der Waals surface area contributed by atoms with Crippen molar-refractivity contribution < 1.29 is 19.1 Å². The molecule has 0 saturated carbocycles. The Morgan fingerprint density at radius 1 is 0.973 bits per heavy atom. The van der Waals surface area contributed by atoms with Crippen LogP contribution in [0.4, 0.5) is 16.2 Å². The zero-order chi connectivity index (χ0) is 26.3. The summed E-state index contributed by atoms with van der Waals surface area (Å²) in [5.74, 6) is -0.118. The van der Waals surface area contributed by atoms with Crippen molar-refractivity contribution >= 4 is 29.3 Å². The molecule has 0 aromatic heterocycles. The lowest BCUT2D eigenvalue weighted by Gasteiger charge is -2.40. The van der Waals surface area contributed by atoms with Crippen molar-refractivity contribution in [2.45, 2.75) is 83.6 Å². The molecule has 3 aliphatic heterocycles. The molecule has 2 aromatic rings. The number of hydrogen-bond acceptors (Lipinski definition) is 5. The van der Waals surface area contributed by atoms with Gasteiger partial charge < -0.3 is 20.3 Å². The Hall–Kier alpha value is -3.39. The van der Waals surface area contributed by atoms with Gasteiger partial charge in [-0.1, -0.05) is 18.2 Å². The maximum Gasteiger partial charge on any atom is 0.414 e. The Morgan fingerprint density at radius 2 is 1.62 bits per heavy atom. The Labute approximate surface area is 218 Å². The molecule has 2 bridgehead atoms. The molecule has 196 valence electrons. The lowest BCUT2D eigenvalue weighted by atomic mass is 9.98. The lowest BCUT2D eigenvalue weighted by Crippen LogP contribution is -2.51. The fraction of sp³-hybridized carbons (Fsp3) is 0.483. The molecule has 0 spiro atoms. The van der Waals surface area contributed by atoms with Crippen LogP contribution in [0.1, 0.15) is 63.7 Å². The number of piperidine rings is 1. The monoisotopic (exact) mass is 504 g/mol. The zero-order valence-electron chi connectivity index (χ0n) is 22.0. The molecule has 0 aliphatic carbocycles. The molecule has 3 aliphatic rings. The van der Waals surface area contributed by atoms with Crippen LogP contribution in [0.3, 0.4) is 0 Å². The molecule has 2 unspecified atom stereocenters. The number of nitrogens with one attached hydrogen (secondary N) is 2. The van der Waals surface area contributed by atoms with Crippen LogP contribution < -0.4 is 20.4 Å². The van der Waals surface area contributed by atoms with Crippen molar-refractivity contribution in [2.24, 2.45) is 0 Å². The van der Waals surface area contributed by atoms with Gasteiger partial charge in [0.25, 0.3) is 5.91 Å². The number of fused-ring (bicyclic) bond motifs is 3. The van der Waals surface area contributed by atoms with Crippen LogP contribution in [-0.4, -0.2) is 54.7 Å². The normalized spacial score (nSPS) is 24.6. The van der Waals surface area contributed by atoms with E-state index < -0.39 is 6.09 Å². The number of rotatable bonds is 4. The summed E-state index contributed by atoms with van der Waals surface area (Å²) >= 11 is 0. The zero-order valence-corrected chi connectivity index (χ0v) is 22.0. The predicted molar refractivity (Wildman–Crippen MR) is 144 cm³/mol. The number of carbonyl (C=O) groups excluding carboxylic acids is 3. The van der Waals surface area contributed by atoms with Gasteiger partial charge in [-0.2, -0.15) is 0 Å². The van der Waals surface area contributed by atoms with Gasteiger partial charge in [0, 0.05) is 37.2 Å². The fourth-order valence-electron chi connectivity index (χ4n) is 5.98. The van der Waals surface area contributed by atoms with Crippen LogP contribution in [0.15, 0.2) is 42.5 Å². The van der Waals surface area contributed by atoms with Gasteiger partial charge in [-0.25, -0.2) is 4.79 Å². The van der Waals surface area contributed by atoms with Crippen molar-refractivity contribution in [2.75, 3.05) is 16.3 Å². The van der Waals surface area contributed by atoms with Crippen LogP contribution >= 0.6 is 0 Å². The second-order valence-electron chi connectivity index (χ2n) is 10.8. The SMILES string of the molecule is CC(=O)N1c2ccc(-c3ccc(C(=O)NC4CC5CC[C@@H](C4)N5)cc3)cc2N(C(=O)OC(C)C)C[C@@H]1C. The molecule has 3 heterocycles. The summed E-state index contributed by atoms with van der Waals surface area (Å²) in [6, 6.07) is 14.4. The van der Waals surface area contributed by atoms with Crippen LogP contribution in [0.25, 0.3) is 11.1 Å². The topological polar surface area (TPSA) is 91.0 Å². The second-order valence-corrected chi connectivity index (χ2v) is 10.8. The highest BCUT2D eigenvalue weighted by atomic mass is 16.6. The summed E-state index contributed by atoms with van der Waals surface area (Å²) in [5.41, 5.74) is 3.76. The predicted octanol–water partition coefficient (Wildman–Crippen LogP) is 4.47. The van der Waals surface area contributed by atoms with Gasteiger partial charge in [0.05, 0.1) is 23.5 Å². The third-order valence-corrected chi connectivity index (χ3v) is 7.60. The van der Waals surface area contributed by atoms with Crippen molar-refractivity contribution in [3.05, 3.63) is 48.0 Å². The van der Waals surface area contributed by atoms with Gasteiger partial charge in [0.15, 0.2) is 0 Å². The van der Waals surface area contributed by atoms with Gasteiger partial charge in [0.1, 0.15) is 0 Å². The summed E-state index contributed by atoms with van der Waals surface area (Å²) in [7, 11) is 0. The highest BCUT2D eigenvalue weighted by molar-refractivity contribution is 6.03. The average molecular weight is 505 g/mol. The average Bonchev–Trinajstić information content (AvgIpc) is 3.20. The van der Waals surface area contributed by atoms with Gasteiger partial charge in [0.2, 0.25) is 5.91 Å². The van der Waals surface area contributed by atoms with Crippen molar-refractivity contribution in [3.63, 3.8) is 0 Å². The number of amides is 3. The molecule has 2 N–H and O–H groups in total. The van der Waals surface area contributed by atoms with Crippen LogP contribution in [-0.2, 0) is 9.53 Å². The molecule has 2 saturated heterocycles. The number of benzene rings is 2. The smallest absolute Gasteiger partial charge is 0.414 e. The first-order valence-corrected chi connectivity index (χ1v) is 13.3. The number of anilines is 2. The standard InChI is InChI=1S/C29H36N4O4/c1-17(2)37-29(36)32-16-18(3)33(19(4)34)26-12-9-22(13-27(26)32)20-5-7-21(8-6-20)28(35)31-25-14-23-10-11-24(15-25)30-23/h5-9,12-13,17-18,23-25,30H,10-11,14-16H2,1-4H3,(H,31,35)/t18-,23-,24?,25?/m0/s1. The second kappa shape index (κ2) is 10.2. The highest BCUT2D eigenvalue weighted by Crippen LogP contribution is 2.39. The number of hydrogen-bond donors (Lipinski definition) is 2. The molecular weight excluding hydrogens is 468 g/mol. The summed E-state index contributed by atoms with van der Waals surface area (Å²) in [6.07, 6.45) is 3.69. The molecule has 8 nitrogen and oxygen atoms in total. The van der Waals surface area contributed by atoms with Gasteiger partial charge in [-0.3, -0.25) is 14.5 Å². The quantitative estimate of drug-likeness (QED) is 0.641. The van der Waals surface area contributed by atoms with Crippen LogP contribution in [0.5, 0.6) is 0 Å². The molecule has 2 aromatic carbocycles. The third kappa shape index (κ3) is 5.21. The Kier molecular flexibility index (Phi) is 6.94. The lowest BCUT2D eigenvalue weighted by molar-refractivity contribution is -0.117. The molecule has 5 rings (SSSR count). The van der Waals surface area contributed by atoms with Crippen LogP contribution in [0, 0.1) is 0 Å².